The second-order valence-electron chi connectivity index (χ2n) is 13.7. The molecule has 0 aliphatic carbocycles. The molecule has 58 heavy (non-hydrogen) atoms. The van der Waals surface area contributed by atoms with Gasteiger partial charge in [-0.1, -0.05) is 62.8 Å². The number of hydrogen-bond donors (Lipinski definition) is 0. The highest BCUT2D eigenvalue weighted by molar-refractivity contribution is 5.29. The van der Waals surface area contributed by atoms with Crippen LogP contribution in [0.1, 0.15) is 80.3 Å². The van der Waals surface area contributed by atoms with Crippen molar-refractivity contribution < 1.29 is 80.8 Å². The summed E-state index contributed by atoms with van der Waals surface area (Å²) in [5, 5.41) is 0. The van der Waals surface area contributed by atoms with Crippen LogP contribution < -0.4 is 14.2 Å². The number of nitrogens with zero attached hydrogens (tertiary/aromatic N) is 1. The van der Waals surface area contributed by atoms with Crippen LogP contribution in [0.15, 0.2) is 60.7 Å². The van der Waals surface area contributed by atoms with E-state index < -0.39 is 48.8 Å². The number of benzene rings is 2. The molecule has 0 saturated carbocycles. The van der Waals surface area contributed by atoms with Crippen molar-refractivity contribution in [1.29, 1.82) is 0 Å². The van der Waals surface area contributed by atoms with E-state index in [1.54, 1.807) is 48.5 Å². The van der Waals surface area contributed by atoms with E-state index >= 15 is 0 Å². The van der Waals surface area contributed by atoms with Crippen molar-refractivity contribution >= 4 is 0 Å². The van der Waals surface area contributed by atoms with E-state index in [-0.39, 0.29) is 43.6 Å². The molecule has 0 amide bonds. The molecule has 4 aliphatic heterocycles. The lowest BCUT2D eigenvalue weighted by Crippen LogP contribution is -2.70. The zero-order chi connectivity index (χ0) is 42.7. The number of ether oxygens (including phenoxy) is 5. The first kappa shape index (κ1) is 46.7. The van der Waals surface area contributed by atoms with Crippen LogP contribution in [0.3, 0.4) is 0 Å². The van der Waals surface area contributed by atoms with Crippen LogP contribution in [-0.2, 0) is 35.9 Å². The first-order valence-electron chi connectivity index (χ1n) is 18.4. The molecule has 1 aromatic heterocycles. The number of hydrogen-bond acceptors (Lipinski definition) is 6. The summed E-state index contributed by atoms with van der Waals surface area (Å²) in [6.45, 7) is -0.910. The van der Waals surface area contributed by atoms with Gasteiger partial charge in [0.15, 0.2) is 0 Å². The van der Waals surface area contributed by atoms with Crippen molar-refractivity contribution in [2.45, 2.75) is 120 Å². The van der Waals surface area contributed by atoms with E-state index in [2.05, 4.69) is 4.98 Å². The van der Waals surface area contributed by atoms with Crippen LogP contribution in [0.2, 0.25) is 0 Å². The van der Waals surface area contributed by atoms with Gasteiger partial charge in [-0.25, -0.2) is 0 Å². The Hall–Kier alpha value is -4.00. The fourth-order valence-electron chi connectivity index (χ4n) is 5.66. The van der Waals surface area contributed by atoms with Crippen LogP contribution in [-0.4, -0.2) is 60.6 Å². The fraction of sp³-hybridized carbons (Fsp3) is 0.564. The van der Waals surface area contributed by atoms with Crippen molar-refractivity contribution in [2.24, 2.45) is 0 Å². The van der Waals surface area contributed by atoms with Crippen molar-refractivity contribution in [3.05, 3.63) is 83.2 Å². The molecule has 0 unspecified atom stereocenters. The number of aromatic nitrogens is 1. The first-order valence-corrected chi connectivity index (χ1v) is 18.4. The highest BCUT2D eigenvalue weighted by Gasteiger charge is 2.90. The number of pyridine rings is 1. The maximum Gasteiger partial charge on any atom is 0.460 e. The molecule has 2 aromatic carbocycles. The predicted octanol–water partition coefficient (Wildman–Crippen LogP) is 11.9. The Balaban J connectivity index is 1.47. The molecule has 0 atom stereocenters. The highest BCUT2D eigenvalue weighted by atomic mass is 19.4. The minimum Gasteiger partial charge on any atom is -0.494 e. The average molecular weight is 852 g/mol. The Labute approximate surface area is 326 Å². The van der Waals surface area contributed by atoms with Crippen LogP contribution in [0.5, 0.6) is 17.2 Å². The summed E-state index contributed by atoms with van der Waals surface area (Å²) < 4.78 is 204. The SMILES string of the molecule is FC(F)(F)C(F)(F)C(F)(F)C(F)(F)C(F)(F)C(F)(F)CCOc1cc2nc(c1)COCc1ccc(cc1)OCCCCCCCCCCOc1ccc(cc1)COC2. The Morgan fingerprint density at radius 2 is 0.879 bits per heavy atom. The van der Waals surface area contributed by atoms with Crippen LogP contribution >= 0.6 is 0 Å². The van der Waals surface area contributed by atoms with Crippen molar-refractivity contribution in [3.8, 4) is 17.2 Å². The molecule has 0 N–H and O–H groups in total. The third-order valence-electron chi connectivity index (χ3n) is 9.05. The minimum absolute atomic E-state index is 0.0477. The van der Waals surface area contributed by atoms with E-state index in [9.17, 15) is 57.1 Å². The van der Waals surface area contributed by atoms with Gasteiger partial charge in [0.25, 0.3) is 0 Å². The molecule has 5 heterocycles. The summed E-state index contributed by atoms with van der Waals surface area (Å²) in [6.07, 6.45) is -1.60. The van der Waals surface area contributed by atoms with Gasteiger partial charge in [-0.3, -0.25) is 4.98 Å². The zero-order valence-corrected chi connectivity index (χ0v) is 31.0. The Kier molecular flexibility index (Phi) is 16.0. The Morgan fingerprint density at radius 3 is 1.29 bits per heavy atom. The van der Waals surface area contributed by atoms with Gasteiger partial charge in [-0.2, -0.15) is 57.1 Å². The molecule has 3 aromatic rings. The average Bonchev–Trinajstić information content (AvgIpc) is 3.15. The maximum absolute atomic E-state index is 14.4. The van der Waals surface area contributed by atoms with Gasteiger partial charge in [-0.05, 0) is 48.2 Å². The Bertz CT molecular complexity index is 1620. The smallest absolute Gasteiger partial charge is 0.460 e. The molecule has 324 valence electrons. The van der Waals surface area contributed by atoms with E-state index in [4.69, 9.17) is 23.7 Å². The van der Waals surface area contributed by atoms with E-state index in [1.165, 1.54) is 0 Å². The second-order valence-corrected chi connectivity index (χ2v) is 13.7. The predicted molar refractivity (Wildman–Crippen MR) is 183 cm³/mol. The van der Waals surface area contributed by atoms with Gasteiger partial charge in [0.2, 0.25) is 0 Å². The molecule has 4 aliphatic rings. The summed E-state index contributed by atoms with van der Waals surface area (Å²) in [5.41, 5.74) is 1.61. The minimum atomic E-state index is -7.98. The van der Waals surface area contributed by atoms with Gasteiger partial charge in [0, 0.05) is 12.1 Å². The van der Waals surface area contributed by atoms with Crippen molar-refractivity contribution in [1.82, 2.24) is 4.98 Å². The van der Waals surface area contributed by atoms with Gasteiger partial charge < -0.3 is 23.7 Å². The summed E-state index contributed by atoms with van der Waals surface area (Å²) >= 11 is 0. The molecule has 7 rings (SSSR count). The molecular formula is C39H42F13NO5. The number of rotatable bonds is 8. The van der Waals surface area contributed by atoms with Gasteiger partial charge >= 0.3 is 35.8 Å². The summed E-state index contributed by atoms with van der Waals surface area (Å²) in [5.74, 6) is -36.4. The van der Waals surface area contributed by atoms with Crippen molar-refractivity contribution in [2.75, 3.05) is 19.8 Å². The molecule has 0 fully saturated rings. The first-order chi connectivity index (χ1) is 27.2. The van der Waals surface area contributed by atoms with Gasteiger partial charge in [-0.15, -0.1) is 0 Å². The quantitative estimate of drug-likeness (QED) is 0.210. The second kappa shape index (κ2) is 19.8. The molecule has 0 radical (unpaired) electrons. The summed E-state index contributed by atoms with van der Waals surface area (Å²) in [6, 6.07) is 16.3. The third-order valence-corrected chi connectivity index (χ3v) is 9.05. The lowest BCUT2D eigenvalue weighted by molar-refractivity contribution is -0.440. The molecule has 0 spiro atoms. The van der Waals surface area contributed by atoms with Gasteiger partial charge in [0.1, 0.15) is 17.2 Å². The normalized spacial score (nSPS) is 17.1. The van der Waals surface area contributed by atoms with E-state index in [0.717, 1.165) is 74.6 Å². The third kappa shape index (κ3) is 11.8. The molecule has 19 heteroatoms. The Morgan fingerprint density at radius 1 is 0.483 bits per heavy atom. The topological polar surface area (TPSA) is 59.0 Å². The van der Waals surface area contributed by atoms with Crippen LogP contribution in [0.25, 0.3) is 0 Å². The number of alkyl halides is 13. The number of halogens is 13. The van der Waals surface area contributed by atoms with Gasteiger partial charge in [0.05, 0.1) is 64.1 Å². The van der Waals surface area contributed by atoms with E-state index in [0.29, 0.717) is 24.7 Å². The summed E-state index contributed by atoms with van der Waals surface area (Å²) in [4.78, 5) is 4.34. The molecule has 6 bridgehead atoms. The lowest BCUT2D eigenvalue weighted by Gasteiger charge is -2.39. The highest BCUT2D eigenvalue weighted by Crippen LogP contribution is 2.60. The lowest BCUT2D eigenvalue weighted by atomic mass is 9.93. The standard InChI is InChI=1S/C39H42F13NO5/c40-34(41,35(42,43)36(44,45)37(46,47)38(48,49)39(50,51)52)17-20-58-33-21-29-25-54-23-27-9-13-31(14-10-27)56-18-7-5-3-1-2-4-6-8-19-57-32-15-11-28(12-16-32)24-55-26-30(22-33)53-29/h9-16,21-22H,1-8,17-20,23-26H2. The summed E-state index contributed by atoms with van der Waals surface area (Å²) in [7, 11) is 0. The monoisotopic (exact) mass is 851 g/mol. The maximum atomic E-state index is 14.4. The molecule has 0 saturated heterocycles. The zero-order valence-electron chi connectivity index (χ0n) is 31.0. The van der Waals surface area contributed by atoms with E-state index in [1.807, 2.05) is 0 Å². The molecular weight excluding hydrogens is 809 g/mol. The van der Waals surface area contributed by atoms with Crippen LogP contribution in [0.4, 0.5) is 57.1 Å². The van der Waals surface area contributed by atoms with Crippen LogP contribution in [0, 0.1) is 0 Å². The fourth-order valence-corrected chi connectivity index (χ4v) is 5.66. The largest absolute Gasteiger partial charge is 0.494 e. The molecule has 6 nitrogen and oxygen atoms in total. The van der Waals surface area contributed by atoms with Crippen molar-refractivity contribution in [3.63, 3.8) is 0 Å².